The average molecular weight is 385 g/mol. The number of nitrogens with two attached hydrogens (primary N) is 1. The second-order valence-electron chi connectivity index (χ2n) is 3.99. The number of nitrogens with one attached hydrogen (secondary N) is 1. The van der Waals surface area contributed by atoms with Crippen LogP contribution >= 0.6 is 31.9 Å². The molecule has 2 rings (SSSR count). The predicted molar refractivity (Wildman–Crippen MR) is 83.2 cm³/mol. The minimum absolute atomic E-state index is 0.222. The smallest absolute Gasteiger partial charge is 0.255 e. The van der Waals surface area contributed by atoms with Crippen LogP contribution in [0.25, 0.3) is 0 Å². The summed E-state index contributed by atoms with van der Waals surface area (Å²) in [6, 6.07) is 6.94. The Morgan fingerprint density at radius 3 is 2.68 bits per heavy atom. The number of carbonyl (C=O) groups is 1. The number of halogens is 2. The number of nitrogen functional groups attached to an aromatic ring is 1. The van der Waals surface area contributed by atoms with E-state index in [2.05, 4.69) is 42.2 Å². The van der Waals surface area contributed by atoms with Gasteiger partial charge in [0.2, 0.25) is 0 Å². The number of aryl methyl sites for hydroxylation is 1. The van der Waals surface area contributed by atoms with E-state index in [0.29, 0.717) is 16.9 Å². The summed E-state index contributed by atoms with van der Waals surface area (Å²) in [6.45, 7) is 1.83. The zero-order valence-electron chi connectivity index (χ0n) is 10.1. The zero-order valence-corrected chi connectivity index (χ0v) is 13.2. The average Bonchev–Trinajstić information content (AvgIpc) is 2.33. The van der Waals surface area contributed by atoms with Crippen molar-refractivity contribution in [2.24, 2.45) is 0 Å². The van der Waals surface area contributed by atoms with Crippen molar-refractivity contribution < 1.29 is 4.79 Å². The van der Waals surface area contributed by atoms with Gasteiger partial charge in [0.1, 0.15) is 0 Å². The van der Waals surface area contributed by atoms with Crippen LogP contribution < -0.4 is 11.1 Å². The third-order valence-electron chi connectivity index (χ3n) is 2.48. The van der Waals surface area contributed by atoms with E-state index in [-0.39, 0.29) is 5.91 Å². The standard InChI is InChI=1S/C13H11Br2N3O/c1-7-4-8(2-3-17-7)13(19)18-12-10(15)5-9(14)6-11(12)16/h2-6H,16H2,1H3,(H,18,19). The third kappa shape index (κ3) is 3.33. The van der Waals surface area contributed by atoms with E-state index in [4.69, 9.17) is 5.73 Å². The van der Waals surface area contributed by atoms with Gasteiger partial charge >= 0.3 is 0 Å². The van der Waals surface area contributed by atoms with Gasteiger partial charge in [0, 0.05) is 26.4 Å². The van der Waals surface area contributed by atoms with Crippen molar-refractivity contribution in [1.29, 1.82) is 0 Å². The van der Waals surface area contributed by atoms with Gasteiger partial charge in [-0.3, -0.25) is 9.78 Å². The molecule has 1 amide bonds. The van der Waals surface area contributed by atoms with Crippen LogP contribution in [0.2, 0.25) is 0 Å². The second-order valence-corrected chi connectivity index (χ2v) is 5.76. The Kier molecular flexibility index (Phi) is 4.21. The van der Waals surface area contributed by atoms with Crippen LogP contribution in [0.3, 0.4) is 0 Å². The summed E-state index contributed by atoms with van der Waals surface area (Å²) < 4.78 is 1.56. The highest BCUT2D eigenvalue weighted by atomic mass is 79.9. The van der Waals surface area contributed by atoms with Crippen LogP contribution in [0.1, 0.15) is 16.1 Å². The molecule has 0 saturated carbocycles. The molecule has 0 bridgehead atoms. The Morgan fingerprint density at radius 1 is 1.32 bits per heavy atom. The molecule has 19 heavy (non-hydrogen) atoms. The molecule has 6 heteroatoms. The molecule has 3 N–H and O–H groups in total. The Bertz CT molecular complexity index is 621. The zero-order chi connectivity index (χ0) is 14.0. The van der Waals surface area contributed by atoms with Crippen molar-refractivity contribution in [3.63, 3.8) is 0 Å². The topological polar surface area (TPSA) is 68.0 Å². The molecule has 2 aromatic rings. The van der Waals surface area contributed by atoms with Gasteiger partial charge in [0.05, 0.1) is 11.4 Å². The van der Waals surface area contributed by atoms with Crippen LogP contribution in [0.4, 0.5) is 11.4 Å². The monoisotopic (exact) mass is 383 g/mol. The van der Waals surface area contributed by atoms with Crippen LogP contribution in [0.5, 0.6) is 0 Å². The number of pyridine rings is 1. The van der Waals surface area contributed by atoms with Gasteiger partial charge in [-0.1, -0.05) is 15.9 Å². The van der Waals surface area contributed by atoms with Gasteiger partial charge in [-0.05, 0) is 47.1 Å². The molecule has 0 fully saturated rings. The van der Waals surface area contributed by atoms with E-state index in [1.165, 1.54) is 0 Å². The first-order chi connectivity index (χ1) is 8.97. The number of rotatable bonds is 2. The summed E-state index contributed by atoms with van der Waals surface area (Å²) in [5.41, 5.74) is 8.27. The molecule has 4 nitrogen and oxygen atoms in total. The summed E-state index contributed by atoms with van der Waals surface area (Å²) in [5.74, 6) is -0.222. The first kappa shape index (κ1) is 14.0. The van der Waals surface area contributed by atoms with Crippen molar-refractivity contribution in [3.8, 4) is 0 Å². The van der Waals surface area contributed by atoms with Gasteiger partial charge in [-0.25, -0.2) is 0 Å². The molecular weight excluding hydrogens is 374 g/mol. The maximum Gasteiger partial charge on any atom is 0.255 e. The van der Waals surface area contributed by atoms with Crippen LogP contribution in [-0.4, -0.2) is 10.9 Å². The Hall–Kier alpha value is -1.40. The molecule has 0 aliphatic rings. The van der Waals surface area contributed by atoms with Gasteiger partial charge in [0.25, 0.3) is 5.91 Å². The van der Waals surface area contributed by atoms with Gasteiger partial charge < -0.3 is 11.1 Å². The lowest BCUT2D eigenvalue weighted by Gasteiger charge is -2.11. The molecule has 0 saturated heterocycles. The minimum atomic E-state index is -0.222. The van der Waals surface area contributed by atoms with E-state index >= 15 is 0 Å². The van der Waals surface area contributed by atoms with E-state index in [1.807, 2.05) is 13.0 Å². The quantitative estimate of drug-likeness (QED) is 0.774. The molecule has 1 aromatic carbocycles. The van der Waals surface area contributed by atoms with E-state index in [1.54, 1.807) is 24.4 Å². The molecule has 0 unspecified atom stereocenters. The van der Waals surface area contributed by atoms with Crippen LogP contribution in [-0.2, 0) is 0 Å². The molecule has 98 valence electrons. The summed E-state index contributed by atoms with van der Waals surface area (Å²) in [4.78, 5) is 16.2. The fraction of sp³-hybridized carbons (Fsp3) is 0.0769. The largest absolute Gasteiger partial charge is 0.397 e. The van der Waals surface area contributed by atoms with Crippen molar-refractivity contribution >= 4 is 49.1 Å². The first-order valence-corrected chi connectivity index (χ1v) is 7.04. The van der Waals surface area contributed by atoms with E-state index in [0.717, 1.165) is 14.6 Å². The molecular formula is C13H11Br2N3O. The summed E-state index contributed by atoms with van der Waals surface area (Å²) in [7, 11) is 0. The maximum atomic E-state index is 12.1. The molecule has 0 spiro atoms. The fourth-order valence-corrected chi connectivity index (χ4v) is 2.96. The molecule has 0 aliphatic carbocycles. The fourth-order valence-electron chi connectivity index (χ4n) is 1.60. The minimum Gasteiger partial charge on any atom is -0.397 e. The molecule has 0 radical (unpaired) electrons. The summed E-state index contributed by atoms with van der Waals surface area (Å²) >= 11 is 6.71. The summed E-state index contributed by atoms with van der Waals surface area (Å²) in [5, 5.41) is 2.79. The van der Waals surface area contributed by atoms with Gasteiger partial charge in [-0.2, -0.15) is 0 Å². The highest BCUT2D eigenvalue weighted by molar-refractivity contribution is 9.11. The molecule has 1 aromatic heterocycles. The Morgan fingerprint density at radius 2 is 2.05 bits per heavy atom. The van der Waals surface area contributed by atoms with E-state index in [9.17, 15) is 4.79 Å². The number of hydrogen-bond donors (Lipinski definition) is 2. The second kappa shape index (κ2) is 5.71. The highest BCUT2D eigenvalue weighted by Crippen LogP contribution is 2.32. The maximum absolute atomic E-state index is 12.1. The van der Waals surface area contributed by atoms with Crippen molar-refractivity contribution in [2.75, 3.05) is 11.1 Å². The lowest BCUT2D eigenvalue weighted by Crippen LogP contribution is -2.14. The number of carbonyl (C=O) groups excluding carboxylic acids is 1. The van der Waals surface area contributed by atoms with Crippen molar-refractivity contribution in [3.05, 3.63) is 50.7 Å². The first-order valence-electron chi connectivity index (χ1n) is 5.46. The third-order valence-corrected chi connectivity index (χ3v) is 3.57. The van der Waals surface area contributed by atoms with Crippen molar-refractivity contribution in [2.45, 2.75) is 6.92 Å². The molecule has 0 aliphatic heterocycles. The Labute approximate surface area is 127 Å². The normalized spacial score (nSPS) is 10.3. The number of hydrogen-bond acceptors (Lipinski definition) is 3. The van der Waals surface area contributed by atoms with Crippen LogP contribution in [0, 0.1) is 6.92 Å². The van der Waals surface area contributed by atoms with Gasteiger partial charge in [-0.15, -0.1) is 0 Å². The Balaban J connectivity index is 2.29. The lowest BCUT2D eigenvalue weighted by molar-refractivity contribution is 0.102. The number of amides is 1. The number of aromatic nitrogens is 1. The highest BCUT2D eigenvalue weighted by Gasteiger charge is 2.12. The molecule has 1 heterocycles. The van der Waals surface area contributed by atoms with Crippen LogP contribution in [0.15, 0.2) is 39.4 Å². The van der Waals surface area contributed by atoms with Gasteiger partial charge in [0.15, 0.2) is 0 Å². The number of benzene rings is 1. The van der Waals surface area contributed by atoms with E-state index < -0.39 is 0 Å². The predicted octanol–water partition coefficient (Wildman–Crippen LogP) is 3.75. The van der Waals surface area contributed by atoms with Crippen molar-refractivity contribution in [1.82, 2.24) is 4.98 Å². The summed E-state index contributed by atoms with van der Waals surface area (Å²) in [6.07, 6.45) is 1.60. The lowest BCUT2D eigenvalue weighted by atomic mass is 10.2. The number of nitrogens with zero attached hydrogens (tertiary/aromatic N) is 1. The molecule has 0 atom stereocenters. The number of anilines is 2. The SMILES string of the molecule is Cc1cc(C(=O)Nc2c(N)cc(Br)cc2Br)ccn1.